The van der Waals surface area contributed by atoms with Crippen LogP contribution in [0.3, 0.4) is 0 Å². The van der Waals surface area contributed by atoms with Crippen molar-refractivity contribution in [2.24, 2.45) is 5.92 Å². The number of ether oxygens (including phenoxy) is 1. The standard InChI is InChI=1S/C19H30N2O2/c1-6-20-17(15-9-7-8-14(2)12-15)16-10-11-21(13-16)18(22)23-19(3,4)5/h7-9,12,16-17,20H,6,10-11,13H2,1-5H3. The number of benzene rings is 1. The molecule has 1 fully saturated rings. The van der Waals surface area contributed by atoms with Crippen LogP contribution in [0.25, 0.3) is 0 Å². The SMILES string of the molecule is CCNC(c1cccc(C)c1)C1CCN(C(=O)OC(C)(C)C)C1. The molecule has 2 rings (SSSR count). The van der Waals surface area contributed by atoms with Crippen LogP contribution in [0, 0.1) is 12.8 Å². The third-order valence-corrected chi connectivity index (χ3v) is 4.17. The Bertz CT molecular complexity index is 536. The highest BCUT2D eigenvalue weighted by Gasteiger charge is 2.34. The molecular formula is C19H30N2O2. The van der Waals surface area contributed by atoms with Crippen LogP contribution in [0.2, 0.25) is 0 Å². The molecule has 2 atom stereocenters. The van der Waals surface area contributed by atoms with Crippen molar-refractivity contribution in [3.8, 4) is 0 Å². The minimum absolute atomic E-state index is 0.195. The first-order chi connectivity index (χ1) is 10.8. The molecule has 1 N–H and O–H groups in total. The summed E-state index contributed by atoms with van der Waals surface area (Å²) >= 11 is 0. The number of aryl methyl sites for hydroxylation is 1. The number of nitrogens with zero attached hydrogens (tertiary/aromatic N) is 1. The fourth-order valence-electron chi connectivity index (χ4n) is 3.19. The molecule has 23 heavy (non-hydrogen) atoms. The van der Waals surface area contributed by atoms with Crippen LogP contribution in [0.1, 0.15) is 51.3 Å². The van der Waals surface area contributed by atoms with Gasteiger partial charge in [0, 0.05) is 19.1 Å². The highest BCUT2D eigenvalue weighted by Crippen LogP contribution is 2.31. The fourth-order valence-corrected chi connectivity index (χ4v) is 3.19. The van der Waals surface area contributed by atoms with Gasteiger partial charge in [0.05, 0.1) is 0 Å². The van der Waals surface area contributed by atoms with Gasteiger partial charge in [0.2, 0.25) is 0 Å². The Balaban J connectivity index is 2.06. The topological polar surface area (TPSA) is 41.6 Å². The molecule has 4 heteroatoms. The lowest BCUT2D eigenvalue weighted by Gasteiger charge is -2.27. The maximum atomic E-state index is 12.3. The number of likely N-dealkylation sites (tertiary alicyclic amines) is 1. The molecule has 1 aromatic carbocycles. The lowest BCUT2D eigenvalue weighted by atomic mass is 9.91. The van der Waals surface area contributed by atoms with Gasteiger partial charge in [-0.15, -0.1) is 0 Å². The summed E-state index contributed by atoms with van der Waals surface area (Å²) in [7, 11) is 0. The van der Waals surface area contributed by atoms with E-state index in [4.69, 9.17) is 4.74 Å². The molecular weight excluding hydrogens is 288 g/mol. The third-order valence-electron chi connectivity index (χ3n) is 4.17. The first-order valence-corrected chi connectivity index (χ1v) is 8.58. The van der Waals surface area contributed by atoms with Crippen LogP contribution >= 0.6 is 0 Å². The lowest BCUT2D eigenvalue weighted by molar-refractivity contribution is 0.0285. The zero-order chi connectivity index (χ0) is 17.0. The van der Waals surface area contributed by atoms with Gasteiger partial charge in [-0.25, -0.2) is 4.79 Å². The smallest absolute Gasteiger partial charge is 0.410 e. The van der Waals surface area contributed by atoms with Crippen LogP contribution in [-0.2, 0) is 4.74 Å². The minimum Gasteiger partial charge on any atom is -0.444 e. The van der Waals surface area contributed by atoms with Crippen molar-refractivity contribution in [3.63, 3.8) is 0 Å². The van der Waals surface area contributed by atoms with Crippen molar-refractivity contribution in [1.82, 2.24) is 10.2 Å². The summed E-state index contributed by atoms with van der Waals surface area (Å²) in [6, 6.07) is 8.93. The van der Waals surface area contributed by atoms with Crippen molar-refractivity contribution in [1.29, 1.82) is 0 Å². The molecule has 1 aromatic rings. The number of rotatable bonds is 4. The van der Waals surface area contributed by atoms with Gasteiger partial charge in [0.1, 0.15) is 5.60 Å². The normalized spacial score (nSPS) is 19.7. The van der Waals surface area contributed by atoms with E-state index in [1.165, 1.54) is 11.1 Å². The number of amides is 1. The average molecular weight is 318 g/mol. The molecule has 1 aliphatic heterocycles. The number of hydrogen-bond donors (Lipinski definition) is 1. The maximum absolute atomic E-state index is 12.3. The van der Waals surface area contributed by atoms with E-state index in [9.17, 15) is 4.79 Å². The van der Waals surface area contributed by atoms with Gasteiger partial charge in [0.15, 0.2) is 0 Å². The molecule has 1 saturated heterocycles. The van der Waals surface area contributed by atoms with Crippen LogP contribution in [0.4, 0.5) is 4.79 Å². The Morgan fingerprint density at radius 3 is 2.78 bits per heavy atom. The monoisotopic (exact) mass is 318 g/mol. The summed E-state index contributed by atoms with van der Waals surface area (Å²) in [5.41, 5.74) is 2.14. The van der Waals surface area contributed by atoms with Gasteiger partial charge in [-0.1, -0.05) is 36.8 Å². The zero-order valence-electron chi connectivity index (χ0n) is 15.1. The summed E-state index contributed by atoms with van der Waals surface area (Å²) < 4.78 is 5.50. The second-order valence-corrected chi connectivity index (χ2v) is 7.42. The van der Waals surface area contributed by atoms with Crippen LogP contribution in [0.5, 0.6) is 0 Å². The quantitative estimate of drug-likeness (QED) is 0.915. The fraction of sp³-hybridized carbons (Fsp3) is 0.632. The van der Waals surface area contributed by atoms with Crippen molar-refractivity contribution >= 4 is 6.09 Å². The van der Waals surface area contributed by atoms with Gasteiger partial charge in [0.25, 0.3) is 0 Å². The largest absolute Gasteiger partial charge is 0.444 e. The van der Waals surface area contributed by atoms with Crippen molar-refractivity contribution in [2.45, 2.75) is 52.7 Å². The number of nitrogens with one attached hydrogen (secondary N) is 1. The van der Waals surface area contributed by atoms with Gasteiger partial charge in [-0.3, -0.25) is 0 Å². The van der Waals surface area contributed by atoms with Crippen LogP contribution < -0.4 is 5.32 Å². The minimum atomic E-state index is -0.438. The molecule has 0 aromatic heterocycles. The van der Waals surface area contributed by atoms with Gasteiger partial charge in [-0.2, -0.15) is 0 Å². The second kappa shape index (κ2) is 7.35. The van der Waals surface area contributed by atoms with Crippen LogP contribution in [0.15, 0.2) is 24.3 Å². The zero-order valence-corrected chi connectivity index (χ0v) is 15.1. The van der Waals surface area contributed by atoms with E-state index in [2.05, 4.69) is 43.4 Å². The van der Waals surface area contributed by atoms with E-state index >= 15 is 0 Å². The molecule has 0 bridgehead atoms. The Hall–Kier alpha value is -1.55. The summed E-state index contributed by atoms with van der Waals surface area (Å²) in [5.74, 6) is 0.421. The highest BCUT2D eigenvalue weighted by atomic mass is 16.6. The second-order valence-electron chi connectivity index (χ2n) is 7.42. The van der Waals surface area contributed by atoms with Crippen molar-refractivity contribution < 1.29 is 9.53 Å². The molecule has 2 unspecified atom stereocenters. The van der Waals surface area contributed by atoms with E-state index in [1.54, 1.807) is 0 Å². The Kier molecular flexibility index (Phi) is 5.69. The molecule has 128 valence electrons. The Morgan fingerprint density at radius 1 is 1.43 bits per heavy atom. The van der Waals surface area contributed by atoms with E-state index in [-0.39, 0.29) is 12.1 Å². The predicted molar refractivity (Wildman–Crippen MR) is 93.5 cm³/mol. The lowest BCUT2D eigenvalue weighted by Crippen LogP contribution is -2.36. The summed E-state index contributed by atoms with van der Waals surface area (Å²) in [4.78, 5) is 14.1. The molecule has 0 spiro atoms. The maximum Gasteiger partial charge on any atom is 0.410 e. The van der Waals surface area contributed by atoms with Crippen molar-refractivity contribution in [2.75, 3.05) is 19.6 Å². The summed E-state index contributed by atoms with van der Waals surface area (Å²) in [6.07, 6.45) is 0.810. The van der Waals surface area contributed by atoms with Crippen LogP contribution in [-0.4, -0.2) is 36.2 Å². The third kappa shape index (κ3) is 4.96. The average Bonchev–Trinajstić information content (AvgIpc) is 2.92. The summed E-state index contributed by atoms with van der Waals surface area (Å²) in [6.45, 7) is 12.4. The molecule has 0 saturated carbocycles. The van der Waals surface area contributed by atoms with E-state index in [0.29, 0.717) is 5.92 Å². The molecule has 4 nitrogen and oxygen atoms in total. The number of hydrogen-bond acceptors (Lipinski definition) is 3. The molecule has 1 amide bonds. The first kappa shape index (κ1) is 17.8. The van der Waals surface area contributed by atoms with E-state index in [0.717, 1.165) is 26.1 Å². The molecule has 0 aliphatic carbocycles. The van der Waals surface area contributed by atoms with Gasteiger partial charge in [-0.05, 0) is 52.1 Å². The Labute approximate surface area is 140 Å². The van der Waals surface area contributed by atoms with E-state index in [1.807, 2.05) is 25.7 Å². The number of carbonyl (C=O) groups is 1. The first-order valence-electron chi connectivity index (χ1n) is 8.58. The van der Waals surface area contributed by atoms with Gasteiger partial charge >= 0.3 is 6.09 Å². The molecule has 1 heterocycles. The predicted octanol–water partition coefficient (Wildman–Crippen LogP) is 3.90. The molecule has 0 radical (unpaired) electrons. The van der Waals surface area contributed by atoms with Crippen molar-refractivity contribution in [3.05, 3.63) is 35.4 Å². The van der Waals surface area contributed by atoms with Gasteiger partial charge < -0.3 is 15.0 Å². The van der Waals surface area contributed by atoms with E-state index < -0.39 is 5.60 Å². The summed E-state index contributed by atoms with van der Waals surface area (Å²) in [5, 5.41) is 3.60. The number of carbonyl (C=O) groups excluding carboxylic acids is 1. The highest BCUT2D eigenvalue weighted by molar-refractivity contribution is 5.68. The Morgan fingerprint density at radius 2 is 2.17 bits per heavy atom. The molecule has 1 aliphatic rings.